The van der Waals surface area contributed by atoms with E-state index in [1.807, 2.05) is 11.3 Å². The van der Waals surface area contributed by atoms with Gasteiger partial charge in [-0.3, -0.25) is 4.90 Å². The second-order valence-corrected chi connectivity index (χ2v) is 6.30. The molecule has 0 aliphatic heterocycles. The minimum absolute atomic E-state index is 0.299. The van der Waals surface area contributed by atoms with Crippen LogP contribution >= 0.6 is 11.3 Å². The molecule has 0 amide bonds. The minimum Gasteiger partial charge on any atom is -0.396 e. The SMILES string of the molecule is OCCCN(Cc1csc2ccccc12)C1CCC1. The van der Waals surface area contributed by atoms with Crippen LogP contribution in [-0.4, -0.2) is 29.2 Å². The van der Waals surface area contributed by atoms with Gasteiger partial charge in [0.1, 0.15) is 0 Å². The van der Waals surface area contributed by atoms with Crippen molar-refractivity contribution in [3.63, 3.8) is 0 Å². The minimum atomic E-state index is 0.299. The zero-order valence-electron chi connectivity index (χ0n) is 11.2. The normalized spacial score (nSPS) is 16.1. The highest BCUT2D eigenvalue weighted by molar-refractivity contribution is 7.17. The number of aliphatic hydroxyl groups is 1. The van der Waals surface area contributed by atoms with E-state index in [9.17, 15) is 0 Å². The van der Waals surface area contributed by atoms with Crippen LogP contribution in [0.1, 0.15) is 31.2 Å². The Kier molecular flexibility index (Phi) is 4.16. The lowest BCUT2D eigenvalue weighted by Crippen LogP contribution is -2.40. The number of rotatable bonds is 6. The first-order valence-electron chi connectivity index (χ1n) is 7.18. The van der Waals surface area contributed by atoms with Crippen molar-refractivity contribution in [1.82, 2.24) is 4.90 Å². The molecule has 102 valence electrons. The van der Waals surface area contributed by atoms with Gasteiger partial charge in [0.2, 0.25) is 0 Å². The lowest BCUT2D eigenvalue weighted by Gasteiger charge is -2.37. The van der Waals surface area contributed by atoms with E-state index in [-0.39, 0.29) is 0 Å². The lowest BCUT2D eigenvalue weighted by molar-refractivity contribution is 0.110. The molecule has 1 saturated carbocycles. The summed E-state index contributed by atoms with van der Waals surface area (Å²) in [6.07, 6.45) is 4.91. The molecule has 1 heterocycles. The van der Waals surface area contributed by atoms with Crippen LogP contribution in [0.3, 0.4) is 0 Å². The molecule has 1 aromatic heterocycles. The van der Waals surface area contributed by atoms with E-state index in [0.29, 0.717) is 6.61 Å². The molecule has 3 rings (SSSR count). The summed E-state index contributed by atoms with van der Waals surface area (Å²) in [6.45, 7) is 2.35. The Morgan fingerprint density at radius 1 is 1.26 bits per heavy atom. The monoisotopic (exact) mass is 275 g/mol. The highest BCUT2D eigenvalue weighted by Gasteiger charge is 2.25. The molecule has 19 heavy (non-hydrogen) atoms. The quantitative estimate of drug-likeness (QED) is 0.870. The van der Waals surface area contributed by atoms with Gasteiger partial charge in [-0.05, 0) is 41.7 Å². The van der Waals surface area contributed by atoms with Crippen molar-refractivity contribution in [1.29, 1.82) is 0 Å². The van der Waals surface area contributed by atoms with Crippen molar-refractivity contribution < 1.29 is 5.11 Å². The summed E-state index contributed by atoms with van der Waals surface area (Å²) in [7, 11) is 0. The van der Waals surface area contributed by atoms with E-state index >= 15 is 0 Å². The second kappa shape index (κ2) is 6.04. The third-order valence-corrected chi connectivity index (χ3v) is 5.14. The van der Waals surface area contributed by atoms with Crippen molar-refractivity contribution in [2.24, 2.45) is 0 Å². The van der Waals surface area contributed by atoms with Gasteiger partial charge in [-0.25, -0.2) is 0 Å². The van der Waals surface area contributed by atoms with Crippen LogP contribution in [-0.2, 0) is 6.54 Å². The molecule has 1 fully saturated rings. The average Bonchev–Trinajstić information content (AvgIpc) is 2.77. The first-order chi connectivity index (χ1) is 9.38. The van der Waals surface area contributed by atoms with Crippen LogP contribution in [0.4, 0.5) is 0 Å². The summed E-state index contributed by atoms with van der Waals surface area (Å²) in [5.74, 6) is 0. The van der Waals surface area contributed by atoms with Crippen molar-refractivity contribution in [3.8, 4) is 0 Å². The van der Waals surface area contributed by atoms with Crippen LogP contribution in [0.15, 0.2) is 29.6 Å². The molecule has 1 aliphatic rings. The van der Waals surface area contributed by atoms with Crippen molar-refractivity contribution >= 4 is 21.4 Å². The van der Waals surface area contributed by atoms with E-state index in [2.05, 4.69) is 34.5 Å². The van der Waals surface area contributed by atoms with E-state index in [1.165, 1.54) is 34.9 Å². The maximum Gasteiger partial charge on any atom is 0.0443 e. The molecule has 0 atom stereocenters. The molecule has 1 N–H and O–H groups in total. The standard InChI is InChI=1S/C16H21NOS/c18-10-4-9-17(14-5-3-6-14)11-13-12-19-16-8-2-1-7-15(13)16/h1-2,7-8,12,14,18H,3-6,9-11H2. The van der Waals surface area contributed by atoms with Crippen LogP contribution in [0.25, 0.3) is 10.1 Å². The van der Waals surface area contributed by atoms with Crippen LogP contribution in [0.5, 0.6) is 0 Å². The zero-order chi connectivity index (χ0) is 13.1. The molecular weight excluding hydrogens is 254 g/mol. The average molecular weight is 275 g/mol. The highest BCUT2D eigenvalue weighted by atomic mass is 32.1. The van der Waals surface area contributed by atoms with E-state index in [0.717, 1.165) is 25.6 Å². The molecule has 3 heteroatoms. The lowest BCUT2D eigenvalue weighted by atomic mass is 9.91. The van der Waals surface area contributed by atoms with Gasteiger partial charge in [0.25, 0.3) is 0 Å². The molecule has 2 aromatic rings. The molecule has 0 spiro atoms. The van der Waals surface area contributed by atoms with Crippen LogP contribution < -0.4 is 0 Å². The number of nitrogens with zero attached hydrogens (tertiary/aromatic N) is 1. The van der Waals surface area contributed by atoms with E-state index in [1.54, 1.807) is 0 Å². The number of aliphatic hydroxyl groups excluding tert-OH is 1. The van der Waals surface area contributed by atoms with Gasteiger partial charge in [0.15, 0.2) is 0 Å². The van der Waals surface area contributed by atoms with E-state index in [4.69, 9.17) is 5.11 Å². The second-order valence-electron chi connectivity index (χ2n) is 5.39. The van der Waals surface area contributed by atoms with E-state index < -0.39 is 0 Å². The molecule has 1 aliphatic carbocycles. The third kappa shape index (κ3) is 2.83. The molecule has 0 saturated heterocycles. The first-order valence-corrected chi connectivity index (χ1v) is 8.06. The van der Waals surface area contributed by atoms with Crippen molar-refractivity contribution in [2.75, 3.05) is 13.2 Å². The Morgan fingerprint density at radius 2 is 2.11 bits per heavy atom. The molecule has 2 nitrogen and oxygen atoms in total. The van der Waals surface area contributed by atoms with Gasteiger partial charge in [-0.2, -0.15) is 0 Å². The Hall–Kier alpha value is -0.900. The number of hydrogen-bond acceptors (Lipinski definition) is 3. The highest BCUT2D eigenvalue weighted by Crippen LogP contribution is 2.30. The summed E-state index contributed by atoms with van der Waals surface area (Å²) >= 11 is 1.84. The van der Waals surface area contributed by atoms with Gasteiger partial charge in [0, 0.05) is 30.4 Å². The van der Waals surface area contributed by atoms with Crippen molar-refractivity contribution in [2.45, 2.75) is 38.3 Å². The van der Waals surface area contributed by atoms with Crippen LogP contribution in [0.2, 0.25) is 0 Å². The zero-order valence-corrected chi connectivity index (χ0v) is 12.0. The van der Waals surface area contributed by atoms with Gasteiger partial charge in [-0.15, -0.1) is 11.3 Å². The van der Waals surface area contributed by atoms with Gasteiger partial charge in [-0.1, -0.05) is 24.6 Å². The van der Waals surface area contributed by atoms with Gasteiger partial charge < -0.3 is 5.11 Å². The topological polar surface area (TPSA) is 23.5 Å². The predicted molar refractivity (Wildman–Crippen MR) is 81.6 cm³/mol. The number of fused-ring (bicyclic) bond motifs is 1. The number of thiophene rings is 1. The summed E-state index contributed by atoms with van der Waals surface area (Å²) in [5.41, 5.74) is 1.45. The fraction of sp³-hybridized carbons (Fsp3) is 0.500. The smallest absolute Gasteiger partial charge is 0.0443 e. The Labute approximate surface area is 118 Å². The fourth-order valence-corrected chi connectivity index (χ4v) is 3.74. The Balaban J connectivity index is 1.76. The fourth-order valence-electron chi connectivity index (χ4n) is 2.79. The van der Waals surface area contributed by atoms with Gasteiger partial charge in [0.05, 0.1) is 0 Å². The largest absolute Gasteiger partial charge is 0.396 e. The summed E-state index contributed by atoms with van der Waals surface area (Å²) in [5, 5.41) is 12.8. The Bertz CT molecular complexity index is 532. The Morgan fingerprint density at radius 3 is 2.84 bits per heavy atom. The predicted octanol–water partition coefficient (Wildman–Crippen LogP) is 3.64. The molecule has 1 aromatic carbocycles. The summed E-state index contributed by atoms with van der Waals surface area (Å²) < 4.78 is 1.38. The summed E-state index contributed by atoms with van der Waals surface area (Å²) in [6, 6.07) is 9.40. The third-order valence-electron chi connectivity index (χ3n) is 4.13. The maximum absolute atomic E-state index is 9.06. The number of hydrogen-bond donors (Lipinski definition) is 1. The number of benzene rings is 1. The van der Waals surface area contributed by atoms with Crippen LogP contribution in [0, 0.1) is 0 Å². The summed E-state index contributed by atoms with van der Waals surface area (Å²) in [4.78, 5) is 2.56. The molecule has 0 radical (unpaired) electrons. The van der Waals surface area contributed by atoms with Crippen molar-refractivity contribution in [3.05, 3.63) is 35.2 Å². The molecular formula is C16H21NOS. The molecule has 0 unspecified atom stereocenters. The van der Waals surface area contributed by atoms with Gasteiger partial charge >= 0.3 is 0 Å². The molecule has 0 bridgehead atoms. The maximum atomic E-state index is 9.06. The first kappa shape index (κ1) is 13.1.